The van der Waals surface area contributed by atoms with Gasteiger partial charge in [-0.2, -0.15) is 5.26 Å². The van der Waals surface area contributed by atoms with Gasteiger partial charge in [-0.3, -0.25) is 9.59 Å². The second kappa shape index (κ2) is 10.6. The maximum atomic E-state index is 12.7. The molecule has 0 aromatic heterocycles. The van der Waals surface area contributed by atoms with Gasteiger partial charge in [-0.15, -0.1) is 0 Å². The topological polar surface area (TPSA) is 97.7 Å². The SMILES string of the molecule is COC(=O)C1CCOc2cc(OC3=CC=C(C(=O)Nc4cccc(I)c4)CC=C3)c(C#N)cc21. The fraction of sp³-hybridized carbons (Fsp3) is 0.192. The highest BCUT2D eigenvalue weighted by molar-refractivity contribution is 14.1. The molecule has 1 unspecified atom stereocenters. The van der Waals surface area contributed by atoms with Crippen molar-refractivity contribution >= 4 is 40.2 Å². The maximum absolute atomic E-state index is 12.7. The van der Waals surface area contributed by atoms with Gasteiger partial charge in [0.1, 0.15) is 23.3 Å². The van der Waals surface area contributed by atoms with Crippen molar-refractivity contribution in [3.8, 4) is 17.6 Å². The highest BCUT2D eigenvalue weighted by Crippen LogP contribution is 2.39. The second-order valence-corrected chi connectivity index (χ2v) is 8.89. The molecule has 8 heteroatoms. The number of amides is 1. The van der Waals surface area contributed by atoms with E-state index in [0.717, 1.165) is 9.26 Å². The number of halogens is 1. The van der Waals surface area contributed by atoms with Crippen molar-refractivity contribution in [1.82, 2.24) is 0 Å². The van der Waals surface area contributed by atoms with Gasteiger partial charge in [0.2, 0.25) is 0 Å². The lowest BCUT2D eigenvalue weighted by atomic mass is 9.91. The number of anilines is 1. The molecule has 172 valence electrons. The van der Waals surface area contributed by atoms with Crippen LogP contribution in [0.1, 0.15) is 29.9 Å². The number of nitrogens with zero attached hydrogens (tertiary/aromatic N) is 1. The molecule has 0 spiro atoms. The normalized spacial score (nSPS) is 16.6. The summed E-state index contributed by atoms with van der Waals surface area (Å²) >= 11 is 2.19. The Balaban J connectivity index is 1.55. The predicted molar refractivity (Wildman–Crippen MR) is 134 cm³/mol. The van der Waals surface area contributed by atoms with Crippen LogP contribution in [0.25, 0.3) is 0 Å². The average Bonchev–Trinajstić information content (AvgIpc) is 3.08. The molecule has 0 saturated heterocycles. The number of carbonyl (C=O) groups is 2. The van der Waals surface area contributed by atoms with E-state index in [2.05, 4.69) is 34.0 Å². The van der Waals surface area contributed by atoms with Crippen LogP contribution < -0.4 is 14.8 Å². The number of benzene rings is 2. The van der Waals surface area contributed by atoms with E-state index in [-0.39, 0.29) is 17.4 Å². The summed E-state index contributed by atoms with van der Waals surface area (Å²) in [5.74, 6) is 0.220. The Labute approximate surface area is 210 Å². The number of carbonyl (C=O) groups excluding carboxylic acids is 2. The highest BCUT2D eigenvalue weighted by Gasteiger charge is 2.30. The van der Waals surface area contributed by atoms with Gasteiger partial charge in [-0.25, -0.2) is 0 Å². The van der Waals surface area contributed by atoms with Crippen LogP contribution in [-0.2, 0) is 14.3 Å². The number of allylic oxidation sites excluding steroid dienone is 4. The van der Waals surface area contributed by atoms with Crippen LogP contribution in [0.2, 0.25) is 0 Å². The summed E-state index contributed by atoms with van der Waals surface area (Å²) in [6.07, 6.45) is 7.88. The zero-order valence-electron chi connectivity index (χ0n) is 18.3. The van der Waals surface area contributed by atoms with E-state index < -0.39 is 5.92 Å². The fourth-order valence-electron chi connectivity index (χ4n) is 3.73. The lowest BCUT2D eigenvalue weighted by molar-refractivity contribution is -0.143. The van der Waals surface area contributed by atoms with Gasteiger partial charge in [-0.1, -0.05) is 12.1 Å². The largest absolute Gasteiger partial charge is 0.493 e. The Morgan fingerprint density at radius 3 is 2.85 bits per heavy atom. The van der Waals surface area contributed by atoms with E-state index in [4.69, 9.17) is 14.2 Å². The fourth-order valence-corrected chi connectivity index (χ4v) is 4.27. The predicted octanol–water partition coefficient (Wildman–Crippen LogP) is 4.99. The van der Waals surface area contributed by atoms with Crippen LogP contribution in [-0.4, -0.2) is 25.6 Å². The number of ether oxygens (including phenoxy) is 3. The molecule has 1 atom stereocenters. The van der Waals surface area contributed by atoms with Gasteiger partial charge in [-0.05, 0) is 77.9 Å². The van der Waals surface area contributed by atoms with Crippen molar-refractivity contribution < 1.29 is 23.8 Å². The minimum absolute atomic E-state index is 0.196. The van der Waals surface area contributed by atoms with Crippen molar-refractivity contribution in [2.75, 3.05) is 19.0 Å². The van der Waals surface area contributed by atoms with Crippen molar-refractivity contribution in [3.05, 3.63) is 86.7 Å². The summed E-state index contributed by atoms with van der Waals surface area (Å²) < 4.78 is 17.6. The Morgan fingerprint density at radius 2 is 2.09 bits per heavy atom. The number of rotatable bonds is 5. The molecule has 1 amide bonds. The van der Waals surface area contributed by atoms with Crippen LogP contribution in [0.5, 0.6) is 11.5 Å². The quantitative estimate of drug-likeness (QED) is 0.404. The molecule has 7 nitrogen and oxygen atoms in total. The van der Waals surface area contributed by atoms with Gasteiger partial charge >= 0.3 is 5.97 Å². The molecule has 2 aromatic rings. The molecular weight excluding hydrogens is 547 g/mol. The minimum Gasteiger partial charge on any atom is -0.493 e. The minimum atomic E-state index is -0.483. The van der Waals surface area contributed by atoms with E-state index in [1.54, 1.807) is 30.4 Å². The lowest BCUT2D eigenvalue weighted by Crippen LogP contribution is -2.22. The van der Waals surface area contributed by atoms with Crippen LogP contribution >= 0.6 is 22.6 Å². The number of methoxy groups -OCH3 is 1. The summed E-state index contributed by atoms with van der Waals surface area (Å²) in [6.45, 7) is 0.363. The third-order valence-electron chi connectivity index (χ3n) is 5.43. The molecule has 2 aromatic carbocycles. The second-order valence-electron chi connectivity index (χ2n) is 7.64. The monoisotopic (exact) mass is 568 g/mol. The number of hydrogen-bond acceptors (Lipinski definition) is 6. The first kappa shape index (κ1) is 23.6. The van der Waals surface area contributed by atoms with E-state index >= 15 is 0 Å². The molecule has 4 rings (SSSR count). The molecule has 2 aliphatic rings. The molecule has 34 heavy (non-hydrogen) atoms. The van der Waals surface area contributed by atoms with Crippen molar-refractivity contribution in [1.29, 1.82) is 5.26 Å². The van der Waals surface area contributed by atoms with Gasteiger partial charge in [0.25, 0.3) is 5.91 Å². The highest BCUT2D eigenvalue weighted by atomic mass is 127. The number of nitriles is 1. The Hall–Kier alpha value is -3.58. The summed E-state index contributed by atoms with van der Waals surface area (Å²) in [7, 11) is 1.34. The van der Waals surface area contributed by atoms with E-state index in [1.807, 2.05) is 30.3 Å². The van der Waals surface area contributed by atoms with Gasteiger partial charge in [0.05, 0.1) is 25.2 Å². The van der Waals surface area contributed by atoms with Crippen LogP contribution in [0.3, 0.4) is 0 Å². The maximum Gasteiger partial charge on any atom is 0.313 e. The standard InChI is InChI=1S/C26H21IN2O5/c1-32-26(31)21-10-11-33-24-14-23(17(15-28)12-22(21)24)34-20-7-2-4-16(8-9-20)25(30)29-19-6-3-5-18(27)13-19/h2-3,5-9,12-14,21H,4,10-11H2,1H3,(H,29,30). The molecular formula is C26H21IN2O5. The average molecular weight is 568 g/mol. The van der Waals surface area contributed by atoms with E-state index in [1.165, 1.54) is 7.11 Å². The first-order valence-corrected chi connectivity index (χ1v) is 11.7. The van der Waals surface area contributed by atoms with E-state index in [0.29, 0.717) is 47.8 Å². The third kappa shape index (κ3) is 5.31. The summed E-state index contributed by atoms with van der Waals surface area (Å²) in [4.78, 5) is 24.8. The van der Waals surface area contributed by atoms with Gasteiger partial charge in [0, 0.05) is 26.5 Å². The summed E-state index contributed by atoms with van der Waals surface area (Å²) in [5, 5.41) is 12.6. The zero-order valence-corrected chi connectivity index (χ0v) is 20.5. The lowest BCUT2D eigenvalue weighted by Gasteiger charge is -2.25. The number of esters is 1. The zero-order chi connectivity index (χ0) is 24.1. The first-order chi connectivity index (χ1) is 16.5. The number of fused-ring (bicyclic) bond motifs is 1. The summed E-state index contributed by atoms with van der Waals surface area (Å²) in [5.41, 5.74) is 2.19. The molecule has 1 aliphatic carbocycles. The first-order valence-electron chi connectivity index (χ1n) is 10.6. The smallest absolute Gasteiger partial charge is 0.313 e. The molecule has 1 aliphatic heterocycles. The molecule has 1 heterocycles. The number of nitrogens with one attached hydrogen (secondary N) is 1. The number of hydrogen-bond donors (Lipinski definition) is 1. The van der Waals surface area contributed by atoms with Crippen LogP contribution in [0.4, 0.5) is 5.69 Å². The Kier molecular flexibility index (Phi) is 7.33. The van der Waals surface area contributed by atoms with Crippen LogP contribution in [0, 0.1) is 14.9 Å². The molecule has 0 saturated carbocycles. The van der Waals surface area contributed by atoms with Crippen molar-refractivity contribution in [2.45, 2.75) is 18.8 Å². The molecule has 0 fully saturated rings. The van der Waals surface area contributed by atoms with E-state index in [9.17, 15) is 14.9 Å². The van der Waals surface area contributed by atoms with Gasteiger partial charge in [0.15, 0.2) is 0 Å². The molecule has 0 radical (unpaired) electrons. The van der Waals surface area contributed by atoms with Crippen molar-refractivity contribution in [3.63, 3.8) is 0 Å². The molecule has 0 bridgehead atoms. The van der Waals surface area contributed by atoms with Crippen molar-refractivity contribution in [2.24, 2.45) is 0 Å². The summed E-state index contributed by atoms with van der Waals surface area (Å²) in [6, 6.07) is 12.9. The Morgan fingerprint density at radius 1 is 1.24 bits per heavy atom. The Bertz CT molecular complexity index is 1270. The third-order valence-corrected chi connectivity index (χ3v) is 6.10. The van der Waals surface area contributed by atoms with Gasteiger partial charge < -0.3 is 19.5 Å². The van der Waals surface area contributed by atoms with Crippen LogP contribution in [0.15, 0.2) is 72.0 Å². The molecule has 1 N–H and O–H groups in total.